The first-order valence-corrected chi connectivity index (χ1v) is 6.88. The number of nitro benzene ring substituents is 1. The Morgan fingerprint density at radius 3 is 2.86 bits per heavy atom. The molecule has 1 heterocycles. The number of carbonyl (C=O) groups excluding carboxylic acids is 1. The summed E-state index contributed by atoms with van der Waals surface area (Å²) in [6, 6.07) is 5.90. The lowest BCUT2D eigenvalue weighted by Gasteiger charge is -2.08. The summed E-state index contributed by atoms with van der Waals surface area (Å²) in [5, 5.41) is 17.1. The number of nitrogens with zero attached hydrogens (tertiary/aromatic N) is 1. The van der Waals surface area contributed by atoms with Gasteiger partial charge in [-0.3, -0.25) is 14.9 Å². The van der Waals surface area contributed by atoms with E-state index < -0.39 is 4.92 Å². The summed E-state index contributed by atoms with van der Waals surface area (Å²) in [6.45, 7) is 0. The van der Waals surface area contributed by atoms with Crippen molar-refractivity contribution in [2.75, 3.05) is 12.4 Å². The van der Waals surface area contributed by atoms with Gasteiger partial charge in [0.1, 0.15) is 5.75 Å². The van der Waals surface area contributed by atoms with Crippen LogP contribution in [0.15, 0.2) is 41.1 Å². The number of hydrogen-bond acceptors (Lipinski definition) is 5. The summed E-state index contributed by atoms with van der Waals surface area (Å²) >= 11 is 1.54. The number of nitrogens with one attached hydrogen (secondary N) is 1. The number of methoxy groups -OCH3 is 1. The molecule has 1 aromatic heterocycles. The molecule has 21 heavy (non-hydrogen) atoms. The van der Waals surface area contributed by atoms with E-state index in [1.165, 1.54) is 42.7 Å². The van der Waals surface area contributed by atoms with Gasteiger partial charge in [0, 0.05) is 12.1 Å². The van der Waals surface area contributed by atoms with Crippen molar-refractivity contribution in [2.45, 2.75) is 0 Å². The van der Waals surface area contributed by atoms with Crippen LogP contribution >= 0.6 is 11.3 Å². The van der Waals surface area contributed by atoms with E-state index in [1.54, 1.807) is 6.08 Å². The van der Waals surface area contributed by atoms with E-state index in [9.17, 15) is 14.9 Å². The number of rotatable bonds is 5. The molecule has 0 unspecified atom stereocenters. The minimum absolute atomic E-state index is 0.0985. The first-order valence-electron chi connectivity index (χ1n) is 5.94. The Labute approximate surface area is 124 Å². The topological polar surface area (TPSA) is 81.5 Å². The average Bonchev–Trinajstić information content (AvgIpc) is 2.98. The third kappa shape index (κ3) is 3.90. The van der Waals surface area contributed by atoms with Gasteiger partial charge in [0.15, 0.2) is 0 Å². The van der Waals surface area contributed by atoms with Crippen LogP contribution in [-0.2, 0) is 4.79 Å². The molecule has 7 heteroatoms. The standard InChI is InChI=1S/C14H12N2O4S/c1-20-13-8-11(16(18)19)3-4-12(13)15-14(17)5-2-10-6-7-21-9-10/h2-9H,1H3,(H,15,17)/b5-2+. The molecule has 0 aliphatic rings. The lowest BCUT2D eigenvalue weighted by atomic mass is 10.2. The van der Waals surface area contributed by atoms with Crippen LogP contribution in [0.25, 0.3) is 6.08 Å². The van der Waals surface area contributed by atoms with E-state index in [4.69, 9.17) is 4.74 Å². The normalized spacial score (nSPS) is 10.5. The monoisotopic (exact) mass is 304 g/mol. The van der Waals surface area contributed by atoms with E-state index in [-0.39, 0.29) is 17.3 Å². The van der Waals surface area contributed by atoms with E-state index in [0.717, 1.165) is 5.56 Å². The van der Waals surface area contributed by atoms with Gasteiger partial charge in [-0.1, -0.05) is 0 Å². The molecule has 1 N–H and O–H groups in total. The van der Waals surface area contributed by atoms with E-state index in [0.29, 0.717) is 5.69 Å². The molecule has 0 saturated carbocycles. The van der Waals surface area contributed by atoms with Crippen LogP contribution in [0.3, 0.4) is 0 Å². The zero-order chi connectivity index (χ0) is 15.2. The molecule has 0 spiro atoms. The molecular weight excluding hydrogens is 292 g/mol. The maximum atomic E-state index is 11.8. The second kappa shape index (κ2) is 6.67. The summed E-state index contributed by atoms with van der Waals surface area (Å²) in [6.07, 6.45) is 3.08. The van der Waals surface area contributed by atoms with Crippen LogP contribution in [0.2, 0.25) is 0 Å². The fourth-order valence-electron chi connectivity index (χ4n) is 1.61. The van der Waals surface area contributed by atoms with E-state index >= 15 is 0 Å². The average molecular weight is 304 g/mol. The molecule has 1 aromatic carbocycles. The predicted octanol–water partition coefficient (Wildman–Crippen LogP) is 3.32. The summed E-state index contributed by atoms with van der Waals surface area (Å²) in [7, 11) is 1.38. The number of thiophene rings is 1. The highest BCUT2D eigenvalue weighted by Gasteiger charge is 2.12. The predicted molar refractivity (Wildman–Crippen MR) is 81.6 cm³/mol. The second-order valence-corrected chi connectivity index (χ2v) is 4.80. The Bertz CT molecular complexity index is 680. The van der Waals surface area contributed by atoms with Gasteiger partial charge in [0.25, 0.3) is 5.69 Å². The number of amides is 1. The van der Waals surface area contributed by atoms with E-state index in [2.05, 4.69) is 5.32 Å². The molecule has 2 aromatic rings. The molecule has 2 rings (SSSR count). The van der Waals surface area contributed by atoms with E-state index in [1.807, 2.05) is 16.8 Å². The first-order chi connectivity index (χ1) is 10.1. The van der Waals surface area contributed by atoms with Gasteiger partial charge in [-0.2, -0.15) is 11.3 Å². The Morgan fingerprint density at radius 2 is 2.24 bits per heavy atom. The lowest BCUT2D eigenvalue weighted by Crippen LogP contribution is -2.09. The number of anilines is 1. The minimum atomic E-state index is -0.523. The van der Waals surface area contributed by atoms with Crippen molar-refractivity contribution in [2.24, 2.45) is 0 Å². The number of nitro groups is 1. The third-order valence-corrected chi connectivity index (χ3v) is 3.33. The summed E-state index contributed by atoms with van der Waals surface area (Å²) in [4.78, 5) is 22.0. The molecule has 108 valence electrons. The Hall–Kier alpha value is -2.67. The number of carbonyl (C=O) groups is 1. The quantitative estimate of drug-likeness (QED) is 0.522. The Morgan fingerprint density at radius 1 is 1.43 bits per heavy atom. The fourth-order valence-corrected chi connectivity index (χ4v) is 2.24. The van der Waals surface area contributed by atoms with Gasteiger partial charge in [-0.05, 0) is 34.5 Å². The molecule has 0 fully saturated rings. The van der Waals surface area contributed by atoms with Crippen molar-refractivity contribution in [3.05, 3.63) is 56.8 Å². The minimum Gasteiger partial charge on any atom is -0.494 e. The van der Waals surface area contributed by atoms with Gasteiger partial charge in [-0.15, -0.1) is 0 Å². The molecule has 0 aliphatic carbocycles. The number of ether oxygens (including phenoxy) is 1. The maximum absolute atomic E-state index is 11.8. The van der Waals surface area contributed by atoms with Crippen LogP contribution < -0.4 is 10.1 Å². The molecule has 0 saturated heterocycles. The molecule has 6 nitrogen and oxygen atoms in total. The SMILES string of the molecule is COc1cc([N+](=O)[O-])ccc1NC(=O)/C=C/c1ccsc1. The number of benzene rings is 1. The van der Waals surface area contributed by atoms with Crippen LogP contribution in [0.5, 0.6) is 5.75 Å². The smallest absolute Gasteiger partial charge is 0.273 e. The largest absolute Gasteiger partial charge is 0.494 e. The zero-order valence-electron chi connectivity index (χ0n) is 11.1. The van der Waals surface area contributed by atoms with Crippen molar-refractivity contribution in [3.63, 3.8) is 0 Å². The highest BCUT2D eigenvalue weighted by molar-refractivity contribution is 7.08. The zero-order valence-corrected chi connectivity index (χ0v) is 11.9. The highest BCUT2D eigenvalue weighted by Crippen LogP contribution is 2.28. The fraction of sp³-hybridized carbons (Fsp3) is 0.0714. The molecular formula is C14H12N2O4S. The van der Waals surface area contributed by atoms with Crippen LogP contribution in [0, 0.1) is 10.1 Å². The van der Waals surface area contributed by atoms with Crippen molar-refractivity contribution >= 4 is 34.7 Å². The Balaban J connectivity index is 2.11. The summed E-state index contributed by atoms with van der Waals surface area (Å²) in [5.41, 5.74) is 1.22. The lowest BCUT2D eigenvalue weighted by molar-refractivity contribution is -0.384. The number of hydrogen-bond donors (Lipinski definition) is 1. The van der Waals surface area contributed by atoms with Crippen LogP contribution in [0.4, 0.5) is 11.4 Å². The van der Waals surface area contributed by atoms with Gasteiger partial charge < -0.3 is 10.1 Å². The Kier molecular flexibility index (Phi) is 4.68. The van der Waals surface area contributed by atoms with Crippen LogP contribution in [0.1, 0.15) is 5.56 Å². The molecule has 1 amide bonds. The summed E-state index contributed by atoms with van der Waals surface area (Å²) in [5.74, 6) is -0.102. The number of non-ortho nitro benzene ring substituents is 1. The van der Waals surface area contributed by atoms with Crippen molar-refractivity contribution in [1.82, 2.24) is 0 Å². The molecule has 0 atom stereocenters. The highest BCUT2D eigenvalue weighted by atomic mass is 32.1. The molecule has 0 aliphatic heterocycles. The van der Waals surface area contributed by atoms with Crippen molar-refractivity contribution < 1.29 is 14.5 Å². The molecule has 0 bridgehead atoms. The van der Waals surface area contributed by atoms with Crippen LogP contribution in [-0.4, -0.2) is 17.9 Å². The van der Waals surface area contributed by atoms with Crippen molar-refractivity contribution in [3.8, 4) is 5.75 Å². The van der Waals surface area contributed by atoms with Gasteiger partial charge in [0.2, 0.25) is 5.91 Å². The first kappa shape index (κ1) is 14.7. The molecule has 0 radical (unpaired) electrons. The van der Waals surface area contributed by atoms with Gasteiger partial charge >= 0.3 is 0 Å². The third-order valence-electron chi connectivity index (χ3n) is 2.62. The second-order valence-electron chi connectivity index (χ2n) is 4.02. The summed E-state index contributed by atoms with van der Waals surface area (Å²) < 4.78 is 5.05. The maximum Gasteiger partial charge on any atom is 0.273 e. The van der Waals surface area contributed by atoms with Gasteiger partial charge in [-0.25, -0.2) is 0 Å². The van der Waals surface area contributed by atoms with Gasteiger partial charge in [0.05, 0.1) is 23.8 Å². The van der Waals surface area contributed by atoms with Crippen molar-refractivity contribution in [1.29, 1.82) is 0 Å².